The molecule has 0 fully saturated rings. The number of aliphatic hydroxyl groups is 1. The van der Waals surface area contributed by atoms with Crippen LogP contribution >= 0.6 is 0 Å². The Hall–Kier alpha value is -2.21. The van der Waals surface area contributed by atoms with E-state index in [9.17, 15) is 14.3 Å². The van der Waals surface area contributed by atoms with E-state index >= 15 is 0 Å². The number of hydrogen-bond donors (Lipinski definition) is 2. The van der Waals surface area contributed by atoms with Gasteiger partial charge in [0.2, 0.25) is 5.91 Å². The molecular weight excluding hydrogens is 321 g/mol. The maximum atomic E-state index is 13.0. The molecule has 136 valence electrons. The van der Waals surface area contributed by atoms with Crippen LogP contribution in [0.25, 0.3) is 5.69 Å². The van der Waals surface area contributed by atoms with Crippen LogP contribution in [-0.2, 0) is 11.2 Å². The van der Waals surface area contributed by atoms with Gasteiger partial charge in [-0.1, -0.05) is 13.8 Å². The number of carbonyl (C=O) groups excluding carboxylic acids is 1. The normalized spacial score (nSPS) is 13.7. The number of hydrogen-bond acceptors (Lipinski definition) is 3. The molecule has 0 radical (unpaired) electrons. The van der Waals surface area contributed by atoms with Gasteiger partial charge in [-0.3, -0.25) is 4.79 Å². The highest BCUT2D eigenvalue weighted by Gasteiger charge is 2.21. The van der Waals surface area contributed by atoms with E-state index in [0.717, 1.165) is 12.1 Å². The number of benzene rings is 1. The summed E-state index contributed by atoms with van der Waals surface area (Å²) in [6, 6.07) is 7.72. The lowest BCUT2D eigenvalue weighted by Crippen LogP contribution is -2.41. The van der Waals surface area contributed by atoms with Gasteiger partial charge < -0.3 is 10.4 Å². The van der Waals surface area contributed by atoms with Crippen molar-refractivity contribution in [3.63, 3.8) is 0 Å². The highest BCUT2D eigenvalue weighted by atomic mass is 19.1. The summed E-state index contributed by atoms with van der Waals surface area (Å²) in [5, 5.41) is 17.4. The number of aromatic nitrogens is 2. The second-order valence-corrected chi connectivity index (χ2v) is 7.11. The molecule has 25 heavy (non-hydrogen) atoms. The second-order valence-electron chi connectivity index (χ2n) is 7.11. The maximum Gasteiger partial charge on any atom is 0.226 e. The molecule has 1 atom stereocenters. The zero-order valence-electron chi connectivity index (χ0n) is 15.0. The molecule has 1 heterocycles. The molecule has 0 saturated carbocycles. The minimum atomic E-state index is -0.909. The first-order valence-electron chi connectivity index (χ1n) is 8.55. The molecular formula is C19H26FN3O2. The molecule has 0 aliphatic heterocycles. The lowest BCUT2D eigenvalue weighted by atomic mass is 9.95. The molecule has 6 heteroatoms. The van der Waals surface area contributed by atoms with Gasteiger partial charge >= 0.3 is 0 Å². The second kappa shape index (κ2) is 8.25. The molecule has 5 nitrogen and oxygen atoms in total. The monoisotopic (exact) mass is 347 g/mol. The van der Waals surface area contributed by atoms with Crippen molar-refractivity contribution in [1.82, 2.24) is 15.1 Å². The quantitative estimate of drug-likeness (QED) is 0.772. The van der Waals surface area contributed by atoms with Gasteiger partial charge in [-0.2, -0.15) is 5.10 Å². The van der Waals surface area contributed by atoms with Gasteiger partial charge in [0.05, 0.1) is 23.4 Å². The van der Waals surface area contributed by atoms with Gasteiger partial charge in [0.1, 0.15) is 5.82 Å². The lowest BCUT2D eigenvalue weighted by molar-refractivity contribution is -0.121. The first-order valence-corrected chi connectivity index (χ1v) is 8.55. The standard InChI is InChI=1S/C19H26FN3O2/c1-14(2)8-10-19(3,25)13-21-18(24)12-16-9-11-23(22-16)17-6-4-15(20)5-7-17/h4-7,9,11,14,25H,8,10,12-13H2,1-3H3,(H,21,24). The third kappa shape index (κ3) is 6.31. The average Bonchev–Trinajstić information content (AvgIpc) is 3.00. The Morgan fingerprint density at radius 1 is 1.32 bits per heavy atom. The van der Waals surface area contributed by atoms with Crippen LogP contribution in [0.1, 0.15) is 39.3 Å². The molecule has 1 unspecified atom stereocenters. The van der Waals surface area contributed by atoms with Crippen molar-refractivity contribution in [2.45, 2.75) is 45.6 Å². The van der Waals surface area contributed by atoms with Crippen LogP contribution in [0.5, 0.6) is 0 Å². The van der Waals surface area contributed by atoms with E-state index in [1.54, 1.807) is 36.0 Å². The molecule has 1 aromatic heterocycles. The van der Waals surface area contributed by atoms with E-state index in [0.29, 0.717) is 18.0 Å². The summed E-state index contributed by atoms with van der Waals surface area (Å²) in [4.78, 5) is 12.1. The van der Waals surface area contributed by atoms with E-state index in [1.807, 2.05) is 0 Å². The highest BCUT2D eigenvalue weighted by Crippen LogP contribution is 2.15. The maximum absolute atomic E-state index is 13.0. The van der Waals surface area contributed by atoms with Gasteiger partial charge in [0.15, 0.2) is 0 Å². The molecule has 0 spiro atoms. The van der Waals surface area contributed by atoms with E-state index < -0.39 is 5.60 Å². The Bertz CT molecular complexity index is 693. The van der Waals surface area contributed by atoms with Crippen molar-refractivity contribution < 1.29 is 14.3 Å². The number of rotatable bonds is 8. The van der Waals surface area contributed by atoms with E-state index in [1.165, 1.54) is 12.1 Å². The number of nitrogens with zero attached hydrogens (tertiary/aromatic N) is 2. The predicted molar refractivity (Wildman–Crippen MR) is 94.9 cm³/mol. The first-order chi connectivity index (χ1) is 11.7. The summed E-state index contributed by atoms with van der Waals surface area (Å²) >= 11 is 0. The Labute approximate surface area is 147 Å². The van der Waals surface area contributed by atoms with Crippen molar-refractivity contribution in [3.05, 3.63) is 48.0 Å². The van der Waals surface area contributed by atoms with Gasteiger partial charge in [-0.05, 0) is 56.0 Å². The largest absolute Gasteiger partial charge is 0.388 e. The van der Waals surface area contributed by atoms with Crippen molar-refractivity contribution in [2.75, 3.05) is 6.54 Å². The Balaban J connectivity index is 1.86. The predicted octanol–water partition coefficient (Wildman–Crippen LogP) is 2.86. The fourth-order valence-electron chi connectivity index (χ4n) is 2.40. The molecule has 0 bridgehead atoms. The molecule has 2 rings (SSSR count). The van der Waals surface area contributed by atoms with Crippen LogP contribution in [0, 0.1) is 11.7 Å². The molecule has 1 amide bonds. The van der Waals surface area contributed by atoms with E-state index in [4.69, 9.17) is 0 Å². The summed E-state index contributed by atoms with van der Waals surface area (Å²) in [6.45, 7) is 6.16. The van der Waals surface area contributed by atoms with Gasteiger partial charge in [-0.15, -0.1) is 0 Å². The smallest absolute Gasteiger partial charge is 0.226 e. The number of nitrogens with one attached hydrogen (secondary N) is 1. The van der Waals surface area contributed by atoms with Crippen LogP contribution in [0.3, 0.4) is 0 Å². The number of amides is 1. The summed E-state index contributed by atoms with van der Waals surface area (Å²) in [5.74, 6) is 0.0202. The van der Waals surface area contributed by atoms with Crippen molar-refractivity contribution >= 4 is 5.91 Å². The molecule has 1 aromatic carbocycles. The topological polar surface area (TPSA) is 67.2 Å². The highest BCUT2D eigenvalue weighted by molar-refractivity contribution is 5.78. The fourth-order valence-corrected chi connectivity index (χ4v) is 2.40. The van der Waals surface area contributed by atoms with E-state index in [-0.39, 0.29) is 24.7 Å². The minimum Gasteiger partial charge on any atom is -0.388 e. The average molecular weight is 347 g/mol. The number of halogens is 1. The van der Waals surface area contributed by atoms with Crippen LogP contribution in [-0.4, -0.2) is 32.9 Å². The first kappa shape index (κ1) is 19.1. The molecule has 0 aliphatic rings. The fraction of sp³-hybridized carbons (Fsp3) is 0.474. The molecule has 0 aliphatic carbocycles. The van der Waals surface area contributed by atoms with Crippen molar-refractivity contribution in [3.8, 4) is 5.69 Å². The lowest BCUT2D eigenvalue weighted by Gasteiger charge is -2.24. The summed E-state index contributed by atoms with van der Waals surface area (Å²) < 4.78 is 14.6. The molecule has 0 saturated heterocycles. The Morgan fingerprint density at radius 2 is 2.00 bits per heavy atom. The van der Waals surface area contributed by atoms with Crippen LogP contribution in [0.4, 0.5) is 4.39 Å². The summed E-state index contributed by atoms with van der Waals surface area (Å²) in [6.07, 6.45) is 3.41. The minimum absolute atomic E-state index is 0.133. The third-order valence-corrected chi connectivity index (χ3v) is 4.00. The van der Waals surface area contributed by atoms with Gasteiger partial charge in [0, 0.05) is 12.7 Å². The zero-order valence-corrected chi connectivity index (χ0v) is 15.0. The van der Waals surface area contributed by atoms with Crippen molar-refractivity contribution in [2.24, 2.45) is 5.92 Å². The Kier molecular flexibility index (Phi) is 6.31. The van der Waals surface area contributed by atoms with Crippen LogP contribution in [0.15, 0.2) is 36.5 Å². The third-order valence-electron chi connectivity index (χ3n) is 4.00. The van der Waals surface area contributed by atoms with E-state index in [2.05, 4.69) is 24.3 Å². The molecule has 2 N–H and O–H groups in total. The van der Waals surface area contributed by atoms with Crippen molar-refractivity contribution in [1.29, 1.82) is 0 Å². The van der Waals surface area contributed by atoms with Gasteiger partial charge in [-0.25, -0.2) is 9.07 Å². The summed E-state index contributed by atoms with van der Waals surface area (Å²) in [5.41, 5.74) is 0.432. The Morgan fingerprint density at radius 3 is 2.64 bits per heavy atom. The molecule has 2 aromatic rings. The SMILES string of the molecule is CC(C)CCC(C)(O)CNC(=O)Cc1ccn(-c2ccc(F)cc2)n1. The van der Waals surface area contributed by atoms with Crippen LogP contribution < -0.4 is 5.32 Å². The summed E-state index contributed by atoms with van der Waals surface area (Å²) in [7, 11) is 0. The number of carbonyl (C=O) groups is 1. The zero-order chi connectivity index (χ0) is 18.4. The van der Waals surface area contributed by atoms with Gasteiger partial charge in [0.25, 0.3) is 0 Å². The van der Waals surface area contributed by atoms with Crippen LogP contribution in [0.2, 0.25) is 0 Å².